The molecular weight excluding hydrogens is 251 g/mol. The van der Waals surface area contributed by atoms with Crippen LogP contribution in [0.5, 0.6) is 0 Å². The summed E-state index contributed by atoms with van der Waals surface area (Å²) < 4.78 is 36.6. The van der Waals surface area contributed by atoms with Gasteiger partial charge in [-0.15, -0.1) is 0 Å². The van der Waals surface area contributed by atoms with Gasteiger partial charge in [0.15, 0.2) is 9.84 Å². The molecule has 0 fully saturated rings. The van der Waals surface area contributed by atoms with Crippen molar-refractivity contribution in [3.05, 3.63) is 40.6 Å². The summed E-state index contributed by atoms with van der Waals surface area (Å²) in [5.74, 6) is -0.308. The van der Waals surface area contributed by atoms with Gasteiger partial charge in [0, 0.05) is 11.2 Å². The predicted molar refractivity (Wildman–Crippen MR) is 71.2 cm³/mol. The second-order valence-electron chi connectivity index (χ2n) is 5.70. The van der Waals surface area contributed by atoms with E-state index in [0.717, 1.165) is 11.1 Å². The molecule has 18 heavy (non-hydrogen) atoms. The Hall–Kier alpha value is -1.16. The number of halogens is 1. The molecule has 0 saturated carbocycles. The smallest absolute Gasteiger partial charge is 0.172 e. The minimum atomic E-state index is -3.20. The van der Waals surface area contributed by atoms with Crippen LogP contribution in [0.4, 0.5) is 4.39 Å². The third-order valence-electron chi connectivity index (χ3n) is 3.27. The lowest BCUT2D eigenvalue weighted by molar-refractivity contribution is 0.400. The molecule has 0 bridgehead atoms. The molecule has 0 radical (unpaired) electrons. The Balaban J connectivity index is 2.54. The summed E-state index contributed by atoms with van der Waals surface area (Å²) >= 11 is 0. The first kappa shape index (κ1) is 13.3. The van der Waals surface area contributed by atoms with E-state index in [1.807, 2.05) is 0 Å². The van der Waals surface area contributed by atoms with Gasteiger partial charge in [0.2, 0.25) is 0 Å². The maximum Gasteiger partial charge on any atom is 0.172 e. The first-order chi connectivity index (χ1) is 8.19. The van der Waals surface area contributed by atoms with Crippen molar-refractivity contribution in [3.8, 4) is 0 Å². The van der Waals surface area contributed by atoms with Gasteiger partial charge in [-0.2, -0.15) is 0 Å². The zero-order valence-corrected chi connectivity index (χ0v) is 11.6. The van der Waals surface area contributed by atoms with E-state index in [2.05, 4.69) is 13.8 Å². The van der Waals surface area contributed by atoms with Crippen LogP contribution in [0, 0.1) is 11.2 Å². The highest BCUT2D eigenvalue weighted by Crippen LogP contribution is 2.47. The second kappa shape index (κ2) is 4.19. The summed E-state index contributed by atoms with van der Waals surface area (Å²) in [6.07, 6.45) is 2.51. The molecule has 4 heteroatoms. The Labute approximate surface area is 107 Å². The molecule has 0 saturated heterocycles. The highest BCUT2D eigenvalue weighted by Gasteiger charge is 2.35. The number of benzene rings is 1. The monoisotopic (exact) mass is 268 g/mol. The summed E-state index contributed by atoms with van der Waals surface area (Å²) in [4.78, 5) is 0.499. The molecule has 2 nitrogen and oxygen atoms in total. The van der Waals surface area contributed by atoms with Crippen LogP contribution >= 0.6 is 0 Å². The first-order valence-electron chi connectivity index (χ1n) is 5.87. The highest BCUT2D eigenvalue weighted by molar-refractivity contribution is 7.94. The average Bonchev–Trinajstić information content (AvgIpc) is 2.55. The summed E-state index contributed by atoms with van der Waals surface area (Å²) in [5.41, 5.74) is 1.59. The van der Waals surface area contributed by atoms with E-state index in [9.17, 15) is 12.8 Å². The van der Waals surface area contributed by atoms with Crippen molar-refractivity contribution < 1.29 is 12.8 Å². The summed E-state index contributed by atoms with van der Waals surface area (Å²) in [5, 5.41) is 0. The van der Waals surface area contributed by atoms with E-state index in [4.69, 9.17) is 0 Å². The normalized spacial score (nSPS) is 19.3. The Kier molecular flexibility index (Phi) is 3.09. The van der Waals surface area contributed by atoms with E-state index < -0.39 is 9.84 Å². The Morgan fingerprint density at radius 2 is 1.67 bits per heavy atom. The molecule has 0 atom stereocenters. The Morgan fingerprint density at radius 1 is 1.11 bits per heavy atom. The molecule has 0 N–H and O–H groups in total. The molecule has 0 amide bonds. The van der Waals surface area contributed by atoms with Gasteiger partial charge >= 0.3 is 0 Å². The van der Waals surface area contributed by atoms with E-state index in [1.54, 1.807) is 12.1 Å². The number of rotatable bonds is 2. The number of hydrogen-bond donors (Lipinski definition) is 0. The fourth-order valence-electron chi connectivity index (χ4n) is 2.45. The summed E-state index contributed by atoms with van der Waals surface area (Å²) in [6, 6.07) is 6.04. The molecule has 98 valence electrons. The second-order valence-corrected chi connectivity index (χ2v) is 7.74. The summed E-state index contributed by atoms with van der Waals surface area (Å²) in [6.45, 7) is 4.10. The fourth-order valence-corrected chi connectivity index (χ4v) is 3.74. The third kappa shape index (κ3) is 2.64. The molecule has 1 aromatic rings. The van der Waals surface area contributed by atoms with Crippen molar-refractivity contribution in [1.29, 1.82) is 0 Å². The maximum atomic E-state index is 12.9. The lowest BCUT2D eigenvalue weighted by Gasteiger charge is -2.16. The molecule has 1 aromatic carbocycles. The van der Waals surface area contributed by atoms with Gasteiger partial charge in [0.05, 0.1) is 0 Å². The molecule has 0 unspecified atom stereocenters. The van der Waals surface area contributed by atoms with Crippen molar-refractivity contribution in [2.45, 2.75) is 26.7 Å². The van der Waals surface area contributed by atoms with Crippen LogP contribution in [0.1, 0.15) is 32.3 Å². The van der Waals surface area contributed by atoms with Gasteiger partial charge in [-0.1, -0.05) is 26.0 Å². The van der Waals surface area contributed by atoms with Crippen LogP contribution < -0.4 is 0 Å². The van der Waals surface area contributed by atoms with Gasteiger partial charge in [0.1, 0.15) is 5.82 Å². The van der Waals surface area contributed by atoms with E-state index in [-0.39, 0.29) is 11.2 Å². The van der Waals surface area contributed by atoms with Gasteiger partial charge in [0.25, 0.3) is 0 Å². The van der Waals surface area contributed by atoms with Crippen LogP contribution in [0.3, 0.4) is 0 Å². The largest absolute Gasteiger partial charge is 0.224 e. The molecule has 0 aliphatic heterocycles. The van der Waals surface area contributed by atoms with Crippen molar-refractivity contribution in [2.24, 2.45) is 5.41 Å². The lowest BCUT2D eigenvalue weighted by Crippen LogP contribution is -2.07. The van der Waals surface area contributed by atoms with Gasteiger partial charge in [-0.25, -0.2) is 12.8 Å². The quantitative estimate of drug-likeness (QED) is 0.823. The Bertz CT molecular complexity index is 595. The SMILES string of the molecule is CC1(C)CC(c2ccc(F)cc2)=C(S(C)(=O)=O)C1. The van der Waals surface area contributed by atoms with Crippen molar-refractivity contribution in [2.75, 3.05) is 6.26 Å². The predicted octanol–water partition coefficient (Wildman–Crippen LogP) is 3.40. The molecule has 1 aliphatic rings. The lowest BCUT2D eigenvalue weighted by atomic mass is 9.88. The molecule has 0 spiro atoms. The molecule has 2 rings (SSSR count). The van der Waals surface area contributed by atoms with Crippen LogP contribution in [-0.4, -0.2) is 14.7 Å². The minimum absolute atomic E-state index is 0.0534. The van der Waals surface area contributed by atoms with Crippen molar-refractivity contribution in [1.82, 2.24) is 0 Å². The molecule has 1 aliphatic carbocycles. The average molecular weight is 268 g/mol. The topological polar surface area (TPSA) is 34.1 Å². The molecule has 0 aromatic heterocycles. The van der Waals surface area contributed by atoms with E-state index in [0.29, 0.717) is 17.7 Å². The van der Waals surface area contributed by atoms with Crippen LogP contribution in [-0.2, 0) is 9.84 Å². The van der Waals surface area contributed by atoms with Crippen LogP contribution in [0.25, 0.3) is 5.57 Å². The molecular formula is C14H17FO2S. The molecule has 0 heterocycles. The zero-order chi connectivity index (χ0) is 13.6. The Morgan fingerprint density at radius 3 is 2.17 bits per heavy atom. The number of hydrogen-bond acceptors (Lipinski definition) is 2. The highest BCUT2D eigenvalue weighted by atomic mass is 32.2. The van der Waals surface area contributed by atoms with Gasteiger partial charge in [-0.05, 0) is 41.5 Å². The van der Waals surface area contributed by atoms with Crippen molar-refractivity contribution >= 4 is 15.4 Å². The van der Waals surface area contributed by atoms with Crippen LogP contribution in [0.15, 0.2) is 29.2 Å². The fraction of sp³-hybridized carbons (Fsp3) is 0.429. The van der Waals surface area contributed by atoms with Gasteiger partial charge < -0.3 is 0 Å². The maximum absolute atomic E-state index is 12.9. The first-order valence-corrected chi connectivity index (χ1v) is 7.76. The van der Waals surface area contributed by atoms with Gasteiger partial charge in [-0.3, -0.25) is 0 Å². The summed E-state index contributed by atoms with van der Waals surface area (Å²) in [7, 11) is -3.20. The van der Waals surface area contributed by atoms with Crippen LogP contribution in [0.2, 0.25) is 0 Å². The third-order valence-corrected chi connectivity index (χ3v) is 4.56. The number of allylic oxidation sites excluding steroid dienone is 2. The standard InChI is InChI=1S/C14H17FO2S/c1-14(2)8-12(13(9-14)18(3,16)17)10-4-6-11(15)7-5-10/h4-7H,8-9H2,1-3H3. The zero-order valence-electron chi connectivity index (χ0n) is 10.8. The minimum Gasteiger partial charge on any atom is -0.224 e. The van der Waals surface area contributed by atoms with Crippen molar-refractivity contribution in [3.63, 3.8) is 0 Å². The van der Waals surface area contributed by atoms with E-state index in [1.165, 1.54) is 18.4 Å². The van der Waals surface area contributed by atoms with E-state index >= 15 is 0 Å². The number of sulfone groups is 1.